The third-order valence-electron chi connectivity index (χ3n) is 2.36. The summed E-state index contributed by atoms with van der Waals surface area (Å²) >= 11 is 1.63. The average Bonchev–Trinajstić information content (AvgIpc) is 2.62. The van der Waals surface area contributed by atoms with Gasteiger partial charge in [0.2, 0.25) is 0 Å². The summed E-state index contributed by atoms with van der Waals surface area (Å²) in [4.78, 5) is 5.68. The first kappa shape index (κ1) is 11.2. The molecule has 0 radical (unpaired) electrons. The smallest absolute Gasteiger partial charge is 0.123 e. The van der Waals surface area contributed by atoms with Crippen molar-refractivity contribution in [2.75, 3.05) is 6.54 Å². The first-order chi connectivity index (χ1) is 7.70. The highest BCUT2D eigenvalue weighted by atomic mass is 32.1. The monoisotopic (exact) mass is 236 g/mol. The summed E-state index contributed by atoms with van der Waals surface area (Å²) in [7, 11) is 0. The topological polar surface area (TPSA) is 38.9 Å². The first-order valence-corrected chi connectivity index (χ1v) is 5.94. The Morgan fingerprint density at radius 3 is 2.62 bits per heavy atom. The summed E-state index contributed by atoms with van der Waals surface area (Å²) in [5.74, 6) is -0.223. The van der Waals surface area contributed by atoms with E-state index < -0.39 is 0 Å². The quantitative estimate of drug-likeness (QED) is 0.890. The van der Waals surface area contributed by atoms with Gasteiger partial charge >= 0.3 is 0 Å². The fourth-order valence-corrected chi connectivity index (χ4v) is 2.59. The lowest BCUT2D eigenvalue weighted by Crippen LogP contribution is -2.01. The van der Waals surface area contributed by atoms with Gasteiger partial charge < -0.3 is 5.73 Å². The van der Waals surface area contributed by atoms with Gasteiger partial charge in [-0.3, -0.25) is 0 Å². The van der Waals surface area contributed by atoms with Gasteiger partial charge in [-0.25, -0.2) is 9.37 Å². The zero-order valence-corrected chi connectivity index (χ0v) is 9.85. The molecule has 1 aromatic carbocycles. The predicted octanol–water partition coefficient (Wildman–Crippen LogP) is 2.76. The van der Waals surface area contributed by atoms with E-state index in [0.29, 0.717) is 6.54 Å². The van der Waals surface area contributed by atoms with Gasteiger partial charge in [0.25, 0.3) is 0 Å². The second-order valence-electron chi connectivity index (χ2n) is 3.57. The highest BCUT2D eigenvalue weighted by Gasteiger charge is 2.08. The zero-order chi connectivity index (χ0) is 11.5. The van der Waals surface area contributed by atoms with Crippen molar-refractivity contribution >= 4 is 11.3 Å². The Balaban J connectivity index is 2.33. The van der Waals surface area contributed by atoms with Crippen LogP contribution in [-0.4, -0.2) is 11.5 Å². The summed E-state index contributed by atoms with van der Waals surface area (Å²) < 4.78 is 12.8. The average molecular weight is 236 g/mol. The van der Waals surface area contributed by atoms with Crippen LogP contribution >= 0.6 is 11.3 Å². The highest BCUT2D eigenvalue weighted by Crippen LogP contribution is 2.28. The summed E-state index contributed by atoms with van der Waals surface area (Å²) in [6, 6.07) is 6.41. The Morgan fingerprint density at radius 1 is 1.31 bits per heavy atom. The number of aryl methyl sites for hydroxylation is 1. The lowest BCUT2D eigenvalue weighted by Gasteiger charge is -1.94. The number of halogens is 1. The molecule has 2 aromatic rings. The summed E-state index contributed by atoms with van der Waals surface area (Å²) in [6.07, 6.45) is 0.852. The molecule has 0 saturated heterocycles. The van der Waals surface area contributed by atoms with Crippen LogP contribution in [0.5, 0.6) is 0 Å². The third-order valence-corrected chi connectivity index (χ3v) is 3.62. The molecule has 0 bridgehead atoms. The van der Waals surface area contributed by atoms with Crippen molar-refractivity contribution in [3.63, 3.8) is 0 Å². The molecule has 2 rings (SSSR count). The van der Waals surface area contributed by atoms with E-state index in [1.165, 1.54) is 17.0 Å². The largest absolute Gasteiger partial charge is 0.330 e. The van der Waals surface area contributed by atoms with Crippen molar-refractivity contribution < 1.29 is 4.39 Å². The number of nitrogens with zero attached hydrogens (tertiary/aromatic N) is 1. The standard InChI is InChI=1S/C12H13FN2S/c1-8-11(6-7-14)16-12(15-8)9-2-4-10(13)5-3-9/h2-5H,6-7,14H2,1H3. The maximum atomic E-state index is 12.8. The molecular formula is C12H13FN2S. The number of thiazole rings is 1. The van der Waals surface area contributed by atoms with E-state index in [4.69, 9.17) is 5.73 Å². The molecule has 2 N–H and O–H groups in total. The number of hydrogen-bond acceptors (Lipinski definition) is 3. The number of hydrogen-bond donors (Lipinski definition) is 1. The molecule has 0 atom stereocenters. The van der Waals surface area contributed by atoms with E-state index in [-0.39, 0.29) is 5.82 Å². The van der Waals surface area contributed by atoms with E-state index in [1.807, 2.05) is 6.92 Å². The maximum absolute atomic E-state index is 12.8. The van der Waals surface area contributed by atoms with Crippen molar-refractivity contribution in [3.8, 4) is 10.6 Å². The SMILES string of the molecule is Cc1nc(-c2ccc(F)cc2)sc1CCN. The Kier molecular flexibility index (Phi) is 3.31. The van der Waals surface area contributed by atoms with Gasteiger partial charge in [-0.1, -0.05) is 0 Å². The fraction of sp³-hybridized carbons (Fsp3) is 0.250. The minimum Gasteiger partial charge on any atom is -0.330 e. The molecule has 84 valence electrons. The van der Waals surface area contributed by atoms with Crippen LogP contribution in [0, 0.1) is 12.7 Å². The minimum atomic E-state index is -0.223. The van der Waals surface area contributed by atoms with E-state index in [9.17, 15) is 4.39 Å². The van der Waals surface area contributed by atoms with Crippen LogP contribution in [0.1, 0.15) is 10.6 Å². The first-order valence-electron chi connectivity index (χ1n) is 5.13. The van der Waals surface area contributed by atoms with Crippen LogP contribution in [0.2, 0.25) is 0 Å². The molecule has 0 fully saturated rings. The minimum absolute atomic E-state index is 0.223. The van der Waals surface area contributed by atoms with Gasteiger partial charge in [-0.05, 0) is 44.2 Å². The van der Waals surface area contributed by atoms with Crippen molar-refractivity contribution in [1.82, 2.24) is 4.98 Å². The van der Waals surface area contributed by atoms with Crippen LogP contribution in [-0.2, 0) is 6.42 Å². The van der Waals surface area contributed by atoms with Crippen LogP contribution in [0.3, 0.4) is 0 Å². The molecule has 0 unspecified atom stereocenters. The van der Waals surface area contributed by atoms with Crippen LogP contribution < -0.4 is 5.73 Å². The lowest BCUT2D eigenvalue weighted by atomic mass is 10.2. The second kappa shape index (κ2) is 4.72. The van der Waals surface area contributed by atoms with Crippen LogP contribution in [0.4, 0.5) is 4.39 Å². The van der Waals surface area contributed by atoms with E-state index in [2.05, 4.69) is 4.98 Å². The van der Waals surface area contributed by atoms with Gasteiger partial charge in [0, 0.05) is 10.4 Å². The van der Waals surface area contributed by atoms with Gasteiger partial charge in [-0.15, -0.1) is 11.3 Å². The molecule has 4 heteroatoms. The number of aromatic nitrogens is 1. The molecule has 0 aliphatic heterocycles. The molecule has 16 heavy (non-hydrogen) atoms. The van der Waals surface area contributed by atoms with Gasteiger partial charge in [-0.2, -0.15) is 0 Å². The van der Waals surface area contributed by atoms with Crippen molar-refractivity contribution in [2.24, 2.45) is 5.73 Å². The molecule has 0 aliphatic rings. The van der Waals surface area contributed by atoms with Gasteiger partial charge in [0.05, 0.1) is 5.69 Å². The molecule has 0 saturated carbocycles. The molecule has 0 spiro atoms. The second-order valence-corrected chi connectivity index (χ2v) is 4.66. The number of nitrogens with two attached hydrogens (primary N) is 1. The molecule has 1 heterocycles. The van der Waals surface area contributed by atoms with E-state index in [0.717, 1.165) is 22.7 Å². The van der Waals surface area contributed by atoms with E-state index >= 15 is 0 Å². The molecule has 2 nitrogen and oxygen atoms in total. The van der Waals surface area contributed by atoms with Crippen molar-refractivity contribution in [2.45, 2.75) is 13.3 Å². The maximum Gasteiger partial charge on any atom is 0.123 e. The summed E-state index contributed by atoms with van der Waals surface area (Å²) in [5.41, 5.74) is 7.51. The number of benzene rings is 1. The van der Waals surface area contributed by atoms with Crippen molar-refractivity contribution in [3.05, 3.63) is 40.7 Å². The normalized spacial score (nSPS) is 10.7. The van der Waals surface area contributed by atoms with Gasteiger partial charge in [0.1, 0.15) is 10.8 Å². The van der Waals surface area contributed by atoms with Crippen molar-refractivity contribution in [1.29, 1.82) is 0 Å². The Hall–Kier alpha value is -1.26. The third kappa shape index (κ3) is 2.28. The van der Waals surface area contributed by atoms with Crippen LogP contribution in [0.25, 0.3) is 10.6 Å². The predicted molar refractivity (Wildman–Crippen MR) is 65.0 cm³/mol. The van der Waals surface area contributed by atoms with E-state index in [1.54, 1.807) is 23.5 Å². The Labute approximate surface area is 97.9 Å². The summed E-state index contributed by atoms with van der Waals surface area (Å²) in [5, 5.41) is 0.931. The molecule has 0 aliphatic carbocycles. The molecule has 0 amide bonds. The molecule has 1 aromatic heterocycles. The lowest BCUT2D eigenvalue weighted by molar-refractivity contribution is 0.628. The zero-order valence-electron chi connectivity index (χ0n) is 9.03. The Bertz CT molecular complexity index is 476. The summed E-state index contributed by atoms with van der Waals surface area (Å²) in [6.45, 7) is 2.61. The fourth-order valence-electron chi connectivity index (χ4n) is 1.51. The Morgan fingerprint density at radius 2 is 2.00 bits per heavy atom. The number of rotatable bonds is 3. The van der Waals surface area contributed by atoms with Crippen LogP contribution in [0.15, 0.2) is 24.3 Å². The van der Waals surface area contributed by atoms with Gasteiger partial charge in [0.15, 0.2) is 0 Å². The highest BCUT2D eigenvalue weighted by molar-refractivity contribution is 7.15. The molecular weight excluding hydrogens is 223 g/mol.